The molecule has 5 aliphatic rings. The van der Waals surface area contributed by atoms with Crippen LogP contribution in [0.15, 0.2) is 158 Å². The van der Waals surface area contributed by atoms with Gasteiger partial charge in [-0.2, -0.15) is 20.4 Å². The lowest BCUT2D eigenvalue weighted by Crippen LogP contribution is -2.54. The second-order valence-electron chi connectivity index (χ2n) is 37.4. The molecule has 132 heavy (non-hydrogen) atoms. The smallest absolute Gasteiger partial charge is 0.228 e. The Bertz CT molecular complexity index is 5420. The zero-order valence-corrected chi connectivity index (χ0v) is 79.1. The van der Waals surface area contributed by atoms with Gasteiger partial charge in [-0.3, -0.25) is 29.0 Å². The highest BCUT2D eigenvalue weighted by atomic mass is 19.1. The lowest BCUT2D eigenvalue weighted by atomic mass is 9.86. The number of halogens is 2. The summed E-state index contributed by atoms with van der Waals surface area (Å²) in [6.07, 6.45) is 11.8. The minimum atomic E-state index is -0.717. The van der Waals surface area contributed by atoms with Gasteiger partial charge in [0, 0.05) is 115 Å². The van der Waals surface area contributed by atoms with Crippen LogP contribution in [-0.2, 0) is 55.1 Å². The van der Waals surface area contributed by atoms with E-state index in [0.717, 1.165) is 115 Å². The summed E-state index contributed by atoms with van der Waals surface area (Å²) in [6.45, 7) is 39.8. The number of hydrogen-bond donors (Lipinski definition) is 5. The first kappa shape index (κ1) is 99.8. The van der Waals surface area contributed by atoms with Crippen LogP contribution in [0.25, 0.3) is 0 Å². The number of benzene rings is 3. The number of nitrogens with one attached hydrogen (secondary N) is 3. The van der Waals surface area contributed by atoms with Gasteiger partial charge >= 0.3 is 0 Å². The van der Waals surface area contributed by atoms with Gasteiger partial charge in [-0.15, -0.1) is 37.0 Å². The summed E-state index contributed by atoms with van der Waals surface area (Å²) in [5.74, 6) is 7.92. The Kier molecular flexibility index (Phi) is 35.4. The van der Waals surface area contributed by atoms with Crippen molar-refractivity contribution in [2.45, 2.75) is 222 Å². The average molecular weight is 1800 g/mol. The number of nitrogens with zero attached hydrogens (tertiary/aromatic N) is 18. The molecule has 7 aromatic heterocycles. The van der Waals surface area contributed by atoms with E-state index in [9.17, 15) is 43.0 Å². The quantitative estimate of drug-likeness (QED) is 0.0371. The number of carbonyl (C=O) groups excluding carboxylic acids is 5. The number of terminal acetylenes is 1. The number of anilines is 6. The number of rotatable bonds is 23. The van der Waals surface area contributed by atoms with Crippen molar-refractivity contribution in [3.63, 3.8) is 0 Å². The summed E-state index contributed by atoms with van der Waals surface area (Å²) < 4.78 is 28.3. The molecule has 28 nitrogen and oxygen atoms in total. The van der Waals surface area contributed by atoms with Crippen LogP contribution in [0.2, 0.25) is 0 Å². The predicted molar refractivity (Wildman–Crippen MR) is 512 cm³/mol. The number of aromatic nitrogens is 12. The lowest BCUT2D eigenvalue weighted by molar-refractivity contribution is -0.131. The number of aliphatic hydroxyl groups is 2. The Labute approximate surface area is 775 Å². The molecule has 0 bridgehead atoms. The van der Waals surface area contributed by atoms with Crippen molar-refractivity contribution in [1.82, 2.24) is 76.5 Å². The largest absolute Gasteiger partial charge is 0.389 e. The number of ketones is 1. The molecule has 5 fully saturated rings. The topological polar surface area (TPSA) is 336 Å². The number of pyridine rings is 2. The monoisotopic (exact) mass is 1800 g/mol. The van der Waals surface area contributed by atoms with Crippen molar-refractivity contribution < 1.29 is 43.0 Å². The fraction of sp³-hybridized carbons (Fsp3) is 0.461. The maximum absolute atomic E-state index is 14.2. The van der Waals surface area contributed by atoms with Crippen molar-refractivity contribution in [1.29, 1.82) is 0 Å². The number of piperidine rings is 1. The Balaban J connectivity index is 0.000000159. The molecule has 0 unspecified atom stereocenters. The van der Waals surface area contributed by atoms with Crippen LogP contribution in [0.1, 0.15) is 211 Å². The van der Waals surface area contributed by atoms with Crippen LogP contribution in [0.3, 0.4) is 0 Å². The second-order valence-corrected chi connectivity index (χ2v) is 37.4. The molecule has 30 heteroatoms. The summed E-state index contributed by atoms with van der Waals surface area (Å²) >= 11 is 0. The molecule has 5 aliphatic heterocycles. The standard InChI is InChI=1S/C23H28N4O.2C20H25FN4O2.C20H26N4O.C19H25N5O/c1-6-20-11-12-21(25-24-20)27-14-13-26(16-17(27)2)22(28)15-18-7-9-19(10-8-18)23(3,4)5;1-12(2)14-5-6-15(16(21)8-14)9-20(27)22-17-10-25(11-18(17)26)19-7-4-13(3)23-24-19;1-12(2)15-6-5-14(8-16(15)21)9-20(27)22-17-10-25(11-18(17)26)19-7-4-13(3)23-24-19;1-14(2)19-6-5-16(12-21-19)10-18(25)11-17-8-9-24(13-17)20-7-4-15(3)22-23-20;1-13(2)16-5-6-17(20-12-16)21-19(25)15-8-10-24(11-9-15)18-7-4-14(3)22-23-18/h1,7-12,17H,13-16H2,2-5H3;2*4-8,12,17-18,26H,9-11H2,1-3H3,(H,22,27);4-7,12,14,17H,8-11,13H2,1-3H3;4-7,12-13,15H,8-11H2,1-3H3,(H,20,21,25)/t17-;2*17-,18-;17-;/m1111./s1. The molecule has 15 rings (SSSR count). The lowest BCUT2D eigenvalue weighted by Gasteiger charge is -2.40. The zero-order valence-electron chi connectivity index (χ0n) is 79.1. The van der Waals surface area contributed by atoms with Gasteiger partial charge in [-0.1, -0.05) is 137 Å². The molecule has 0 saturated carbocycles. The summed E-state index contributed by atoms with van der Waals surface area (Å²) in [5, 5.41) is 70.3. The molecule has 4 amide bonds. The maximum atomic E-state index is 14.2. The zero-order chi connectivity index (χ0) is 95.0. The van der Waals surface area contributed by atoms with E-state index in [4.69, 9.17) is 6.42 Å². The number of amides is 4. The van der Waals surface area contributed by atoms with E-state index in [1.807, 2.05) is 167 Å². The Morgan fingerprint density at radius 2 is 1.01 bits per heavy atom. The number of piperazine rings is 1. The van der Waals surface area contributed by atoms with Crippen LogP contribution in [0.5, 0.6) is 0 Å². The maximum Gasteiger partial charge on any atom is 0.228 e. The first-order valence-electron chi connectivity index (χ1n) is 45.9. The number of β-amino-alcohol motifs (C(OH)–C–C–N with tert-alkyl or cyclic N) is 2. The van der Waals surface area contributed by atoms with E-state index in [2.05, 4.69) is 177 Å². The van der Waals surface area contributed by atoms with Gasteiger partial charge in [0.2, 0.25) is 23.6 Å². The molecular formula is C102H129F2N21O7. The van der Waals surface area contributed by atoms with Crippen LogP contribution >= 0.6 is 0 Å². The third-order valence-electron chi connectivity index (χ3n) is 24.3. The molecule has 10 aromatic rings. The van der Waals surface area contributed by atoms with Crippen molar-refractivity contribution >= 4 is 64.3 Å². The van der Waals surface area contributed by atoms with Crippen molar-refractivity contribution in [3.05, 3.63) is 248 Å². The molecule has 3 aromatic carbocycles. The Hall–Kier alpha value is -12.8. The molecule has 0 radical (unpaired) electrons. The van der Waals surface area contributed by atoms with Crippen LogP contribution < -0.4 is 40.4 Å². The van der Waals surface area contributed by atoms with E-state index in [1.54, 1.807) is 24.3 Å². The SMILES string of the molecule is C#Cc1ccc(N2CCN(C(=O)Cc3ccc(C(C)(C)C)cc3)C[C@H]2C)nn1.Cc1ccc(N2CCC(C(=O)Nc3ccc(C(C)C)cn3)CC2)nn1.Cc1ccc(N2CC[C@H](CC(=O)Cc3ccc(C(C)C)nc3)C2)nn1.Cc1ccc(N2C[C@@H](O)[C@H](NC(=O)Cc3ccc(C(C)C)c(F)c3)C2)nn1.Cc1ccc(N2C[C@@H](O)[C@H](NC(=O)Cc3ccc(C(C)C)cc3F)C2)nn1. The molecule has 12 heterocycles. The summed E-state index contributed by atoms with van der Waals surface area (Å²) in [6, 6.07) is 44.6. The van der Waals surface area contributed by atoms with Crippen LogP contribution in [0.4, 0.5) is 43.7 Å². The van der Waals surface area contributed by atoms with Gasteiger partial charge in [-0.05, 0) is 224 Å². The third-order valence-corrected chi connectivity index (χ3v) is 24.3. The van der Waals surface area contributed by atoms with Gasteiger partial charge in [0.1, 0.15) is 28.9 Å². The van der Waals surface area contributed by atoms with Gasteiger partial charge in [-0.25, -0.2) is 13.8 Å². The van der Waals surface area contributed by atoms with Crippen molar-refractivity contribution in [2.75, 3.05) is 102 Å². The molecule has 6 atom stereocenters. The number of Topliss-reactive ketones (excluding diaryl/α,β-unsaturated/α-hetero) is 1. The van der Waals surface area contributed by atoms with E-state index < -0.39 is 24.3 Å². The fourth-order valence-electron chi connectivity index (χ4n) is 16.2. The highest BCUT2D eigenvalue weighted by molar-refractivity contribution is 5.92. The highest BCUT2D eigenvalue weighted by Crippen LogP contribution is 2.31. The average Bonchev–Trinajstić information content (AvgIpc) is 1.36. The molecular weight excluding hydrogens is 1670 g/mol. The first-order chi connectivity index (χ1) is 63.0. The summed E-state index contributed by atoms with van der Waals surface area (Å²) in [7, 11) is 0. The number of carbonyl (C=O) groups is 5. The molecule has 0 spiro atoms. The number of hydrogen-bond acceptors (Lipinski definition) is 24. The second kappa shape index (κ2) is 46.9. The van der Waals surface area contributed by atoms with Crippen LogP contribution in [-0.4, -0.2) is 208 Å². The van der Waals surface area contributed by atoms with Crippen LogP contribution in [0, 0.1) is 63.5 Å². The third kappa shape index (κ3) is 29.1. The molecule has 5 N–H and O–H groups in total. The van der Waals surface area contributed by atoms with E-state index in [0.29, 0.717) is 122 Å². The van der Waals surface area contributed by atoms with E-state index in [1.165, 1.54) is 23.3 Å². The number of aliphatic hydroxyl groups excluding tert-OH is 2. The van der Waals surface area contributed by atoms with Gasteiger partial charge in [0.15, 0.2) is 29.1 Å². The van der Waals surface area contributed by atoms with E-state index in [-0.39, 0.29) is 77.3 Å². The Morgan fingerprint density at radius 1 is 0.477 bits per heavy atom. The number of aryl methyl sites for hydroxylation is 4. The predicted octanol–water partition coefficient (Wildman–Crippen LogP) is 13.4. The van der Waals surface area contributed by atoms with Crippen molar-refractivity contribution in [2.24, 2.45) is 11.8 Å². The van der Waals surface area contributed by atoms with Gasteiger partial charge in [0.25, 0.3) is 0 Å². The Morgan fingerprint density at radius 3 is 1.48 bits per heavy atom. The molecule has 698 valence electrons. The molecule has 0 aliphatic carbocycles. The van der Waals surface area contributed by atoms with Crippen molar-refractivity contribution in [3.8, 4) is 12.3 Å². The first-order valence-corrected chi connectivity index (χ1v) is 45.9. The van der Waals surface area contributed by atoms with Gasteiger partial charge in [0.05, 0.1) is 66.3 Å². The minimum Gasteiger partial charge on any atom is -0.389 e. The minimum absolute atomic E-state index is 0.0150. The summed E-state index contributed by atoms with van der Waals surface area (Å²) in [5.41, 5.74) is 12.2. The normalized spacial score (nSPS) is 17.9. The fourth-order valence-corrected chi connectivity index (χ4v) is 16.2. The highest BCUT2D eigenvalue weighted by Gasteiger charge is 2.37. The van der Waals surface area contributed by atoms with E-state index >= 15 is 0 Å². The molecule has 5 saturated heterocycles. The summed E-state index contributed by atoms with van der Waals surface area (Å²) in [4.78, 5) is 83.4. The van der Waals surface area contributed by atoms with Gasteiger partial charge < -0.3 is 55.6 Å².